The topological polar surface area (TPSA) is 30.5 Å². The third kappa shape index (κ3) is 7.91. The molecule has 19 heavy (non-hydrogen) atoms. The predicted octanol–water partition coefficient (Wildman–Crippen LogP) is 3.38. The smallest absolute Gasteiger partial charge is 0.0603 e. The second kappa shape index (κ2) is 11.7. The SMILES string of the molecule is CCOCCCCNCCOC1CCCCC1CC. The van der Waals surface area contributed by atoms with Gasteiger partial charge < -0.3 is 14.8 Å². The quantitative estimate of drug-likeness (QED) is 0.584. The Kier molecular flexibility index (Phi) is 10.4. The van der Waals surface area contributed by atoms with Crippen molar-refractivity contribution in [1.82, 2.24) is 5.32 Å². The van der Waals surface area contributed by atoms with Crippen LogP contribution in [0.4, 0.5) is 0 Å². The van der Waals surface area contributed by atoms with Crippen molar-refractivity contribution in [3.63, 3.8) is 0 Å². The summed E-state index contributed by atoms with van der Waals surface area (Å²) in [6, 6.07) is 0. The first-order valence-electron chi connectivity index (χ1n) is 8.28. The Balaban J connectivity index is 1.89. The molecule has 3 heteroatoms. The molecule has 1 N–H and O–H groups in total. The summed E-state index contributed by atoms with van der Waals surface area (Å²) in [5, 5.41) is 3.45. The fourth-order valence-corrected chi connectivity index (χ4v) is 2.87. The van der Waals surface area contributed by atoms with Gasteiger partial charge in [0.1, 0.15) is 0 Å². The Bertz CT molecular complexity index is 199. The lowest BCUT2D eigenvalue weighted by Crippen LogP contribution is -2.30. The summed E-state index contributed by atoms with van der Waals surface area (Å²) < 4.78 is 11.4. The fraction of sp³-hybridized carbons (Fsp3) is 1.00. The van der Waals surface area contributed by atoms with E-state index >= 15 is 0 Å². The maximum Gasteiger partial charge on any atom is 0.0603 e. The molecule has 1 aliphatic rings. The average Bonchev–Trinajstić information content (AvgIpc) is 2.46. The molecule has 1 aliphatic carbocycles. The fourth-order valence-electron chi connectivity index (χ4n) is 2.87. The molecular weight excluding hydrogens is 238 g/mol. The van der Waals surface area contributed by atoms with Crippen molar-refractivity contribution in [2.24, 2.45) is 5.92 Å². The standard InChI is InChI=1S/C16H33NO2/c1-3-15-9-5-6-10-16(15)19-14-12-17-11-7-8-13-18-4-2/h15-17H,3-14H2,1-2H3. The lowest BCUT2D eigenvalue weighted by molar-refractivity contribution is -0.0102. The number of unbranched alkanes of at least 4 members (excludes halogenated alkanes) is 1. The Morgan fingerprint density at radius 3 is 2.63 bits per heavy atom. The van der Waals surface area contributed by atoms with Crippen LogP contribution in [-0.4, -0.2) is 39.0 Å². The third-order valence-electron chi connectivity index (χ3n) is 4.07. The lowest BCUT2D eigenvalue weighted by atomic mass is 9.85. The van der Waals surface area contributed by atoms with Gasteiger partial charge >= 0.3 is 0 Å². The van der Waals surface area contributed by atoms with Gasteiger partial charge in [0.2, 0.25) is 0 Å². The summed E-state index contributed by atoms with van der Waals surface area (Å²) in [7, 11) is 0. The number of hydrogen-bond acceptors (Lipinski definition) is 3. The van der Waals surface area contributed by atoms with Crippen LogP contribution in [-0.2, 0) is 9.47 Å². The Labute approximate surface area is 119 Å². The summed E-state index contributed by atoms with van der Waals surface area (Å²) in [6.07, 6.45) is 9.54. The van der Waals surface area contributed by atoms with Crippen LogP contribution in [0.5, 0.6) is 0 Å². The van der Waals surface area contributed by atoms with Crippen molar-refractivity contribution in [2.75, 3.05) is 32.9 Å². The van der Waals surface area contributed by atoms with Gasteiger partial charge in [-0.3, -0.25) is 0 Å². The molecule has 0 aromatic rings. The van der Waals surface area contributed by atoms with E-state index < -0.39 is 0 Å². The molecule has 0 aromatic heterocycles. The third-order valence-corrected chi connectivity index (χ3v) is 4.07. The normalized spacial score (nSPS) is 23.7. The highest BCUT2D eigenvalue weighted by Crippen LogP contribution is 2.28. The van der Waals surface area contributed by atoms with Crippen molar-refractivity contribution in [2.45, 2.75) is 64.9 Å². The zero-order valence-corrected chi connectivity index (χ0v) is 13.0. The molecule has 0 spiro atoms. The molecule has 0 radical (unpaired) electrons. The molecule has 1 saturated carbocycles. The molecule has 0 saturated heterocycles. The number of ether oxygens (including phenoxy) is 2. The molecule has 2 atom stereocenters. The van der Waals surface area contributed by atoms with E-state index in [0.717, 1.165) is 45.2 Å². The van der Waals surface area contributed by atoms with Crippen molar-refractivity contribution >= 4 is 0 Å². The number of rotatable bonds is 11. The average molecular weight is 271 g/mol. The molecule has 0 aliphatic heterocycles. The first-order valence-corrected chi connectivity index (χ1v) is 8.28. The first kappa shape index (κ1) is 16.9. The monoisotopic (exact) mass is 271 g/mol. The molecule has 3 nitrogen and oxygen atoms in total. The van der Waals surface area contributed by atoms with E-state index in [1.165, 1.54) is 38.5 Å². The van der Waals surface area contributed by atoms with E-state index in [0.29, 0.717) is 6.10 Å². The van der Waals surface area contributed by atoms with Gasteiger partial charge in [0, 0.05) is 19.8 Å². The molecule has 0 bridgehead atoms. The minimum atomic E-state index is 0.526. The zero-order chi connectivity index (χ0) is 13.8. The molecule has 0 amide bonds. The molecule has 1 fully saturated rings. The highest BCUT2D eigenvalue weighted by atomic mass is 16.5. The minimum Gasteiger partial charge on any atom is -0.382 e. The van der Waals surface area contributed by atoms with Gasteiger partial charge in [-0.05, 0) is 45.1 Å². The summed E-state index contributed by atoms with van der Waals surface area (Å²) in [5.74, 6) is 0.806. The van der Waals surface area contributed by atoms with Gasteiger partial charge in [-0.2, -0.15) is 0 Å². The van der Waals surface area contributed by atoms with E-state index in [1.807, 2.05) is 6.92 Å². The predicted molar refractivity (Wildman–Crippen MR) is 80.6 cm³/mol. The van der Waals surface area contributed by atoms with Gasteiger partial charge in [-0.1, -0.05) is 26.2 Å². The van der Waals surface area contributed by atoms with Crippen molar-refractivity contribution < 1.29 is 9.47 Å². The minimum absolute atomic E-state index is 0.526. The first-order chi connectivity index (χ1) is 9.38. The van der Waals surface area contributed by atoms with Crippen LogP contribution in [0.2, 0.25) is 0 Å². The number of hydrogen-bond donors (Lipinski definition) is 1. The highest BCUT2D eigenvalue weighted by molar-refractivity contribution is 4.74. The van der Waals surface area contributed by atoms with Gasteiger partial charge in [0.15, 0.2) is 0 Å². The van der Waals surface area contributed by atoms with Gasteiger partial charge in [-0.25, -0.2) is 0 Å². The molecule has 114 valence electrons. The van der Waals surface area contributed by atoms with E-state index in [9.17, 15) is 0 Å². The van der Waals surface area contributed by atoms with Crippen LogP contribution < -0.4 is 5.32 Å². The highest BCUT2D eigenvalue weighted by Gasteiger charge is 2.23. The molecule has 1 rings (SSSR count). The van der Waals surface area contributed by atoms with Crippen LogP contribution in [0.15, 0.2) is 0 Å². The Hall–Kier alpha value is -0.120. The van der Waals surface area contributed by atoms with Crippen LogP contribution in [0.1, 0.15) is 58.8 Å². The van der Waals surface area contributed by atoms with E-state index in [1.54, 1.807) is 0 Å². The summed E-state index contributed by atoms with van der Waals surface area (Å²) in [4.78, 5) is 0. The van der Waals surface area contributed by atoms with Crippen molar-refractivity contribution in [1.29, 1.82) is 0 Å². The summed E-state index contributed by atoms with van der Waals surface area (Å²) in [5.41, 5.74) is 0. The van der Waals surface area contributed by atoms with E-state index in [2.05, 4.69) is 12.2 Å². The lowest BCUT2D eigenvalue weighted by Gasteiger charge is -2.30. The summed E-state index contributed by atoms with van der Waals surface area (Å²) in [6.45, 7) is 9.01. The molecular formula is C16H33NO2. The molecule has 0 aromatic carbocycles. The molecule has 0 heterocycles. The van der Waals surface area contributed by atoms with E-state index in [4.69, 9.17) is 9.47 Å². The van der Waals surface area contributed by atoms with E-state index in [-0.39, 0.29) is 0 Å². The molecule has 2 unspecified atom stereocenters. The maximum atomic E-state index is 6.04. The Morgan fingerprint density at radius 1 is 1.00 bits per heavy atom. The van der Waals surface area contributed by atoms with Crippen molar-refractivity contribution in [3.8, 4) is 0 Å². The second-order valence-electron chi connectivity index (χ2n) is 5.52. The largest absolute Gasteiger partial charge is 0.382 e. The zero-order valence-electron chi connectivity index (χ0n) is 13.0. The Morgan fingerprint density at radius 2 is 1.84 bits per heavy atom. The number of nitrogens with one attached hydrogen (secondary N) is 1. The van der Waals surface area contributed by atoms with Gasteiger partial charge in [0.05, 0.1) is 12.7 Å². The van der Waals surface area contributed by atoms with Crippen LogP contribution in [0.3, 0.4) is 0 Å². The van der Waals surface area contributed by atoms with Crippen molar-refractivity contribution in [3.05, 3.63) is 0 Å². The maximum absolute atomic E-state index is 6.04. The second-order valence-corrected chi connectivity index (χ2v) is 5.52. The van der Waals surface area contributed by atoms with Crippen LogP contribution >= 0.6 is 0 Å². The summed E-state index contributed by atoms with van der Waals surface area (Å²) >= 11 is 0. The van der Waals surface area contributed by atoms with Gasteiger partial charge in [-0.15, -0.1) is 0 Å². The van der Waals surface area contributed by atoms with Crippen LogP contribution in [0, 0.1) is 5.92 Å². The van der Waals surface area contributed by atoms with Gasteiger partial charge in [0.25, 0.3) is 0 Å². The van der Waals surface area contributed by atoms with Crippen LogP contribution in [0.25, 0.3) is 0 Å².